The lowest BCUT2D eigenvalue weighted by Crippen LogP contribution is -2.43. The summed E-state index contributed by atoms with van der Waals surface area (Å²) in [5, 5.41) is 17.7. The molecular weight excluding hydrogens is 138 g/mol. The van der Waals surface area contributed by atoms with Gasteiger partial charge >= 0.3 is 5.97 Å². The predicted octanol–water partition coefficient (Wildman–Crippen LogP) is -1.83. The second-order valence-corrected chi connectivity index (χ2v) is 1.52. The van der Waals surface area contributed by atoms with Gasteiger partial charge in [0.15, 0.2) is 0 Å². The lowest BCUT2D eigenvalue weighted by molar-refractivity contribution is -0.307. The van der Waals surface area contributed by atoms with Crippen LogP contribution in [0.2, 0.25) is 0 Å². The van der Waals surface area contributed by atoms with Gasteiger partial charge in [-0.15, -0.1) is 0 Å². The van der Waals surface area contributed by atoms with Crippen molar-refractivity contribution >= 4 is 11.9 Å². The van der Waals surface area contributed by atoms with Gasteiger partial charge in [0.05, 0.1) is 18.4 Å². The van der Waals surface area contributed by atoms with Crippen molar-refractivity contribution in [2.45, 2.75) is 19.9 Å². The molecule has 0 aromatic carbocycles. The third-order valence-electron chi connectivity index (χ3n) is 0.697. The maximum absolute atomic E-state index is 9.74. The van der Waals surface area contributed by atoms with E-state index in [1.54, 1.807) is 0 Å². The van der Waals surface area contributed by atoms with Crippen LogP contribution in [0.1, 0.15) is 13.8 Å². The first-order valence-electron chi connectivity index (χ1n) is 2.22. The van der Waals surface area contributed by atoms with Crippen molar-refractivity contribution in [3.63, 3.8) is 0 Å². The van der Waals surface area contributed by atoms with Gasteiger partial charge in [-0.25, -0.2) is 0 Å². The molecular formula is C5H10NO4-. The molecule has 0 fully saturated rings. The van der Waals surface area contributed by atoms with E-state index < -0.39 is 24.4 Å². The molecule has 1 unspecified atom stereocenters. The van der Waals surface area contributed by atoms with Crippen LogP contribution in [0.25, 0.3) is 0 Å². The summed E-state index contributed by atoms with van der Waals surface area (Å²) in [5.41, 5.74) is 4.77. The van der Waals surface area contributed by atoms with Crippen molar-refractivity contribution in [3.05, 3.63) is 0 Å². The first-order valence-corrected chi connectivity index (χ1v) is 2.22. The van der Waals surface area contributed by atoms with E-state index in [0.29, 0.717) is 0 Å². The van der Waals surface area contributed by atoms with Crippen LogP contribution in [0.5, 0.6) is 0 Å². The molecule has 0 aliphatic rings. The molecule has 10 heavy (non-hydrogen) atoms. The van der Waals surface area contributed by atoms with E-state index in [0.717, 1.165) is 0 Å². The molecule has 0 aliphatic carbocycles. The van der Waals surface area contributed by atoms with E-state index in [4.69, 9.17) is 10.8 Å². The number of aliphatic carboxylic acids is 2. The summed E-state index contributed by atoms with van der Waals surface area (Å²) in [4.78, 5) is 19.5. The predicted molar refractivity (Wildman–Crippen MR) is 32.0 cm³/mol. The molecule has 0 aromatic heterocycles. The quantitative estimate of drug-likeness (QED) is 0.490. The number of hydrogen-bond acceptors (Lipinski definition) is 4. The van der Waals surface area contributed by atoms with E-state index >= 15 is 0 Å². The number of nitrogens with two attached hydrogens (primary N) is 1. The van der Waals surface area contributed by atoms with Gasteiger partial charge in [-0.05, 0) is 0 Å². The highest BCUT2D eigenvalue weighted by Gasteiger charge is 2.07. The summed E-state index contributed by atoms with van der Waals surface area (Å²) in [5.74, 6) is -2.79. The van der Waals surface area contributed by atoms with Crippen molar-refractivity contribution in [3.8, 4) is 0 Å². The van der Waals surface area contributed by atoms with E-state index in [1.807, 2.05) is 0 Å². The van der Waals surface area contributed by atoms with E-state index in [1.165, 1.54) is 0 Å². The number of rotatable bonds is 3. The Morgan fingerprint density at radius 2 is 2.00 bits per heavy atom. The second-order valence-electron chi connectivity index (χ2n) is 1.52. The molecule has 0 amide bonds. The molecule has 3 N–H and O–H groups in total. The molecule has 0 aromatic rings. The van der Waals surface area contributed by atoms with Crippen LogP contribution in [0.15, 0.2) is 0 Å². The largest absolute Gasteiger partial charge is 0.548 e. The third-order valence-corrected chi connectivity index (χ3v) is 0.697. The summed E-state index contributed by atoms with van der Waals surface area (Å²) in [7, 11) is 0. The smallest absolute Gasteiger partial charge is 0.305 e. The van der Waals surface area contributed by atoms with Crippen LogP contribution in [0, 0.1) is 0 Å². The highest BCUT2D eigenvalue weighted by atomic mass is 16.4. The van der Waals surface area contributed by atoms with Gasteiger partial charge in [-0.2, -0.15) is 0 Å². The van der Waals surface area contributed by atoms with E-state index in [9.17, 15) is 14.7 Å². The fourth-order valence-corrected chi connectivity index (χ4v) is 0.271. The van der Waals surface area contributed by atoms with Crippen LogP contribution in [-0.4, -0.2) is 23.1 Å². The van der Waals surface area contributed by atoms with Crippen molar-refractivity contribution in [1.29, 1.82) is 0 Å². The minimum atomic E-state index is -1.54. The summed E-state index contributed by atoms with van der Waals surface area (Å²) >= 11 is 0. The standard InChI is InChI=1S/C4H7NO4.CH4/c5-2(4(8)9)1-3(6)7;/h2H,1,5H2,(H,6,7)(H,8,9);1H4/p-1. The summed E-state index contributed by atoms with van der Waals surface area (Å²) in [6, 6.07) is -1.40. The number of carboxylic acid groups (broad SMARTS) is 2. The Morgan fingerprint density at radius 1 is 1.60 bits per heavy atom. The second kappa shape index (κ2) is 4.75. The Labute approximate surface area is 58.5 Å². The Balaban J connectivity index is 0. The monoisotopic (exact) mass is 148 g/mol. The van der Waals surface area contributed by atoms with Gasteiger partial charge in [0.2, 0.25) is 0 Å². The average molecular weight is 148 g/mol. The lowest BCUT2D eigenvalue weighted by atomic mass is 10.2. The number of carboxylic acids is 2. The van der Waals surface area contributed by atoms with E-state index in [-0.39, 0.29) is 7.43 Å². The normalized spacial score (nSPS) is 11.3. The first-order chi connectivity index (χ1) is 4.04. The Kier molecular flexibility index (Phi) is 5.54. The van der Waals surface area contributed by atoms with Gasteiger partial charge in [-0.3, -0.25) is 4.79 Å². The molecule has 1 atom stereocenters. The molecule has 0 saturated heterocycles. The highest BCUT2D eigenvalue weighted by molar-refractivity contribution is 5.78. The van der Waals surface area contributed by atoms with Crippen LogP contribution >= 0.6 is 0 Å². The molecule has 5 nitrogen and oxygen atoms in total. The van der Waals surface area contributed by atoms with Gasteiger partial charge < -0.3 is 20.7 Å². The topological polar surface area (TPSA) is 103 Å². The zero-order valence-corrected chi connectivity index (χ0v) is 4.53. The van der Waals surface area contributed by atoms with Crippen LogP contribution < -0.4 is 10.8 Å². The summed E-state index contributed by atoms with van der Waals surface area (Å²) in [6.45, 7) is 0. The van der Waals surface area contributed by atoms with Gasteiger partial charge in [-0.1, -0.05) is 7.43 Å². The maximum atomic E-state index is 9.74. The molecule has 0 heterocycles. The zero-order valence-electron chi connectivity index (χ0n) is 4.53. The van der Waals surface area contributed by atoms with Crippen LogP contribution in [0.3, 0.4) is 0 Å². The van der Waals surface area contributed by atoms with Gasteiger partial charge in [0, 0.05) is 0 Å². The average Bonchev–Trinajstić information content (AvgIpc) is 1.63. The number of carbonyl (C=O) groups is 2. The van der Waals surface area contributed by atoms with Crippen molar-refractivity contribution < 1.29 is 19.8 Å². The van der Waals surface area contributed by atoms with Gasteiger partial charge in [0.1, 0.15) is 0 Å². The molecule has 0 rings (SSSR count). The van der Waals surface area contributed by atoms with Crippen LogP contribution in [-0.2, 0) is 9.59 Å². The Hall–Kier alpha value is -1.10. The molecule has 60 valence electrons. The third kappa shape index (κ3) is 5.04. The number of carbonyl (C=O) groups excluding carboxylic acids is 1. The molecule has 0 aliphatic heterocycles. The maximum Gasteiger partial charge on any atom is 0.305 e. The van der Waals surface area contributed by atoms with E-state index in [2.05, 4.69) is 0 Å². The summed E-state index contributed by atoms with van der Waals surface area (Å²) in [6.07, 6.45) is -0.595. The first kappa shape index (κ1) is 11.7. The zero-order chi connectivity index (χ0) is 7.44. The molecule has 0 spiro atoms. The Morgan fingerprint density at radius 3 is 2.10 bits per heavy atom. The molecule has 0 saturated carbocycles. The van der Waals surface area contributed by atoms with Crippen LogP contribution in [0.4, 0.5) is 0 Å². The fourth-order valence-electron chi connectivity index (χ4n) is 0.271. The number of hydrogen-bond donors (Lipinski definition) is 2. The SMILES string of the molecule is C.NC(CC(=O)O)C(=O)[O-]. The minimum Gasteiger partial charge on any atom is -0.548 e. The highest BCUT2D eigenvalue weighted by Crippen LogP contribution is 1.83. The Bertz CT molecular complexity index is 134. The van der Waals surface area contributed by atoms with Crippen molar-refractivity contribution in [1.82, 2.24) is 0 Å². The molecule has 5 heteroatoms. The summed E-state index contributed by atoms with van der Waals surface area (Å²) < 4.78 is 0. The fraction of sp³-hybridized carbons (Fsp3) is 0.600. The molecule has 0 radical (unpaired) electrons. The van der Waals surface area contributed by atoms with Gasteiger partial charge in [0.25, 0.3) is 0 Å². The molecule has 0 bridgehead atoms. The minimum absolute atomic E-state index is 0. The van der Waals surface area contributed by atoms with Crippen molar-refractivity contribution in [2.75, 3.05) is 0 Å². The lowest BCUT2D eigenvalue weighted by Gasteiger charge is -2.07. The van der Waals surface area contributed by atoms with Crippen molar-refractivity contribution in [2.24, 2.45) is 5.73 Å².